The quantitative estimate of drug-likeness (QED) is 0.816. The Bertz CT molecular complexity index is 524. The Morgan fingerprint density at radius 3 is 3.00 bits per heavy atom. The number of amides is 1. The average Bonchev–Trinajstić information content (AvgIpc) is 2.75. The molecule has 1 amide bonds. The van der Waals surface area contributed by atoms with Crippen LogP contribution < -0.4 is 11.1 Å². The molecule has 17 heavy (non-hydrogen) atoms. The van der Waals surface area contributed by atoms with E-state index in [-0.39, 0.29) is 12.5 Å². The number of rotatable bonds is 3. The molecule has 0 bridgehead atoms. The van der Waals surface area contributed by atoms with Crippen LogP contribution in [0.3, 0.4) is 0 Å². The maximum Gasteiger partial charge on any atom is 0.244 e. The van der Waals surface area contributed by atoms with Crippen LogP contribution in [0, 0.1) is 0 Å². The standard InChI is InChI=1S/C11H11ClN4O/c12-8-1-2-10(9(13)5-8)15-11(17)6-16-4-3-14-7-16/h1-5,7H,6,13H2,(H,15,17). The molecule has 0 saturated heterocycles. The van der Waals surface area contributed by atoms with Gasteiger partial charge in [0.1, 0.15) is 6.54 Å². The second-order valence-electron chi connectivity index (χ2n) is 3.51. The summed E-state index contributed by atoms with van der Waals surface area (Å²) in [6.45, 7) is 0.196. The minimum Gasteiger partial charge on any atom is -0.397 e. The first kappa shape index (κ1) is 11.5. The van der Waals surface area contributed by atoms with Crippen LogP contribution >= 0.6 is 11.6 Å². The van der Waals surface area contributed by atoms with Crippen molar-refractivity contribution >= 4 is 28.9 Å². The zero-order chi connectivity index (χ0) is 12.3. The molecule has 0 fully saturated rings. The van der Waals surface area contributed by atoms with Gasteiger partial charge in [-0.3, -0.25) is 4.79 Å². The zero-order valence-electron chi connectivity index (χ0n) is 8.93. The van der Waals surface area contributed by atoms with Gasteiger partial charge in [0.05, 0.1) is 17.7 Å². The number of benzene rings is 1. The van der Waals surface area contributed by atoms with Gasteiger partial charge in [0, 0.05) is 17.4 Å². The molecule has 0 aliphatic rings. The van der Waals surface area contributed by atoms with Gasteiger partial charge < -0.3 is 15.6 Å². The fourth-order valence-electron chi connectivity index (χ4n) is 1.38. The molecule has 0 spiro atoms. The van der Waals surface area contributed by atoms with Crippen molar-refractivity contribution in [3.05, 3.63) is 41.9 Å². The number of carbonyl (C=O) groups excluding carboxylic acids is 1. The number of nitrogen functional groups attached to an aromatic ring is 1. The summed E-state index contributed by atoms with van der Waals surface area (Å²) in [7, 11) is 0. The molecule has 0 atom stereocenters. The molecule has 1 heterocycles. The Morgan fingerprint density at radius 2 is 2.35 bits per heavy atom. The van der Waals surface area contributed by atoms with Gasteiger partial charge in [0.2, 0.25) is 5.91 Å². The van der Waals surface area contributed by atoms with E-state index in [0.29, 0.717) is 16.4 Å². The highest BCUT2D eigenvalue weighted by molar-refractivity contribution is 6.31. The number of carbonyl (C=O) groups is 1. The van der Waals surface area contributed by atoms with Gasteiger partial charge in [-0.2, -0.15) is 0 Å². The number of aromatic nitrogens is 2. The first-order valence-electron chi connectivity index (χ1n) is 4.96. The number of nitrogens with one attached hydrogen (secondary N) is 1. The molecule has 0 aliphatic carbocycles. The number of hydrogen-bond donors (Lipinski definition) is 2. The van der Waals surface area contributed by atoms with Crippen LogP contribution in [0.15, 0.2) is 36.9 Å². The van der Waals surface area contributed by atoms with Gasteiger partial charge >= 0.3 is 0 Å². The number of nitrogens with two attached hydrogens (primary N) is 1. The van der Waals surface area contributed by atoms with Crippen LogP contribution in [0.5, 0.6) is 0 Å². The highest BCUT2D eigenvalue weighted by Crippen LogP contribution is 2.22. The van der Waals surface area contributed by atoms with E-state index in [2.05, 4.69) is 10.3 Å². The normalized spacial score (nSPS) is 10.2. The third-order valence-corrected chi connectivity index (χ3v) is 2.41. The number of imidazole rings is 1. The average molecular weight is 251 g/mol. The first-order valence-corrected chi connectivity index (χ1v) is 5.33. The molecule has 1 aromatic carbocycles. The lowest BCUT2D eigenvalue weighted by Crippen LogP contribution is -2.18. The Hall–Kier alpha value is -2.01. The number of anilines is 2. The SMILES string of the molecule is Nc1cc(Cl)ccc1NC(=O)Cn1ccnc1. The van der Waals surface area contributed by atoms with Crippen LogP contribution in [0.25, 0.3) is 0 Å². The highest BCUT2D eigenvalue weighted by atomic mass is 35.5. The summed E-state index contributed by atoms with van der Waals surface area (Å²) in [6, 6.07) is 4.93. The van der Waals surface area contributed by atoms with Crippen molar-refractivity contribution in [3.8, 4) is 0 Å². The van der Waals surface area contributed by atoms with Crippen LogP contribution in [0.4, 0.5) is 11.4 Å². The van der Waals surface area contributed by atoms with E-state index in [0.717, 1.165) is 0 Å². The summed E-state index contributed by atoms with van der Waals surface area (Å²) in [6.07, 6.45) is 4.90. The van der Waals surface area contributed by atoms with Crippen LogP contribution in [0.2, 0.25) is 5.02 Å². The first-order chi connectivity index (χ1) is 8.15. The Morgan fingerprint density at radius 1 is 1.53 bits per heavy atom. The van der Waals surface area contributed by atoms with Crippen molar-refractivity contribution < 1.29 is 4.79 Å². The van der Waals surface area contributed by atoms with Gasteiger partial charge in [-0.25, -0.2) is 4.98 Å². The van der Waals surface area contributed by atoms with Gasteiger partial charge in [-0.05, 0) is 18.2 Å². The fourth-order valence-corrected chi connectivity index (χ4v) is 1.56. The lowest BCUT2D eigenvalue weighted by molar-refractivity contribution is -0.116. The second-order valence-corrected chi connectivity index (χ2v) is 3.95. The highest BCUT2D eigenvalue weighted by Gasteiger charge is 2.06. The molecule has 0 unspecified atom stereocenters. The van der Waals surface area contributed by atoms with Gasteiger partial charge in [0.15, 0.2) is 0 Å². The maximum atomic E-state index is 11.7. The lowest BCUT2D eigenvalue weighted by atomic mass is 10.2. The van der Waals surface area contributed by atoms with Crippen molar-refractivity contribution in [2.24, 2.45) is 0 Å². The Balaban J connectivity index is 2.03. The predicted molar refractivity (Wildman–Crippen MR) is 66.7 cm³/mol. The van der Waals surface area contributed by atoms with E-state index >= 15 is 0 Å². The summed E-state index contributed by atoms with van der Waals surface area (Å²) in [5.74, 6) is -0.169. The zero-order valence-corrected chi connectivity index (χ0v) is 9.69. The summed E-state index contributed by atoms with van der Waals surface area (Å²) in [5, 5.41) is 3.24. The number of nitrogens with zero attached hydrogens (tertiary/aromatic N) is 2. The molecule has 6 heteroatoms. The molecule has 2 aromatic rings. The second kappa shape index (κ2) is 4.88. The summed E-state index contributed by atoms with van der Waals surface area (Å²) >= 11 is 5.76. The minimum atomic E-state index is -0.169. The molecular weight excluding hydrogens is 240 g/mol. The number of hydrogen-bond acceptors (Lipinski definition) is 3. The summed E-state index contributed by atoms with van der Waals surface area (Å²) in [4.78, 5) is 15.5. The largest absolute Gasteiger partial charge is 0.397 e. The van der Waals surface area contributed by atoms with Crippen molar-refractivity contribution in [1.29, 1.82) is 0 Å². The molecule has 3 N–H and O–H groups in total. The summed E-state index contributed by atoms with van der Waals surface area (Å²) < 4.78 is 1.67. The maximum absolute atomic E-state index is 11.7. The summed E-state index contributed by atoms with van der Waals surface area (Å²) in [5.41, 5.74) is 6.72. The Kier molecular flexibility index (Phi) is 3.30. The van der Waals surface area contributed by atoms with Crippen LogP contribution in [-0.2, 0) is 11.3 Å². The van der Waals surface area contributed by atoms with Crippen molar-refractivity contribution in [2.45, 2.75) is 6.54 Å². The van der Waals surface area contributed by atoms with Crippen molar-refractivity contribution in [2.75, 3.05) is 11.1 Å². The predicted octanol–water partition coefficient (Wildman–Crippen LogP) is 1.76. The topological polar surface area (TPSA) is 72.9 Å². The van der Waals surface area contributed by atoms with Crippen molar-refractivity contribution in [3.63, 3.8) is 0 Å². The monoisotopic (exact) mass is 250 g/mol. The smallest absolute Gasteiger partial charge is 0.244 e. The van der Waals surface area contributed by atoms with E-state index in [4.69, 9.17) is 17.3 Å². The third kappa shape index (κ3) is 2.98. The van der Waals surface area contributed by atoms with E-state index in [1.165, 1.54) is 0 Å². The molecule has 88 valence electrons. The molecule has 5 nitrogen and oxygen atoms in total. The van der Waals surface area contributed by atoms with Crippen LogP contribution in [-0.4, -0.2) is 15.5 Å². The van der Waals surface area contributed by atoms with Crippen LogP contribution in [0.1, 0.15) is 0 Å². The molecule has 1 aromatic heterocycles. The lowest BCUT2D eigenvalue weighted by Gasteiger charge is -2.08. The molecule has 0 radical (unpaired) electrons. The molecular formula is C11H11ClN4O. The minimum absolute atomic E-state index is 0.169. The van der Waals surface area contributed by atoms with E-state index in [1.54, 1.807) is 41.5 Å². The molecule has 0 aliphatic heterocycles. The van der Waals surface area contributed by atoms with Gasteiger partial charge in [-0.15, -0.1) is 0 Å². The third-order valence-electron chi connectivity index (χ3n) is 2.17. The van der Waals surface area contributed by atoms with E-state index in [9.17, 15) is 4.79 Å². The van der Waals surface area contributed by atoms with Gasteiger partial charge in [0.25, 0.3) is 0 Å². The van der Waals surface area contributed by atoms with E-state index < -0.39 is 0 Å². The molecule has 2 rings (SSSR count). The Labute approximate surface area is 103 Å². The van der Waals surface area contributed by atoms with Crippen molar-refractivity contribution in [1.82, 2.24) is 9.55 Å². The fraction of sp³-hybridized carbons (Fsp3) is 0.0909. The number of halogens is 1. The van der Waals surface area contributed by atoms with E-state index in [1.807, 2.05) is 0 Å². The molecule has 0 saturated carbocycles. The van der Waals surface area contributed by atoms with Gasteiger partial charge in [-0.1, -0.05) is 11.6 Å².